The molecule has 1 aliphatic heterocycles. The summed E-state index contributed by atoms with van der Waals surface area (Å²) in [6, 6.07) is 8.80. The number of guanidine groups is 1. The van der Waals surface area contributed by atoms with Gasteiger partial charge in [-0.05, 0) is 25.8 Å². The minimum absolute atomic E-state index is 0.634. The van der Waals surface area contributed by atoms with Crippen molar-refractivity contribution in [1.82, 2.24) is 10.2 Å². The number of benzene rings is 1. The van der Waals surface area contributed by atoms with Gasteiger partial charge in [-0.2, -0.15) is 11.8 Å². The molecular weight excluding hydrogens is 318 g/mol. The summed E-state index contributed by atoms with van der Waals surface area (Å²) in [7, 11) is 1.78. The second-order valence-corrected chi connectivity index (χ2v) is 7.44. The maximum Gasteiger partial charge on any atom is 0.193 e. The van der Waals surface area contributed by atoms with E-state index in [0.29, 0.717) is 5.92 Å². The summed E-state index contributed by atoms with van der Waals surface area (Å²) in [6.45, 7) is 9.02. The molecule has 134 valence electrons. The first-order valence-corrected chi connectivity index (χ1v) is 10.0. The van der Waals surface area contributed by atoms with Gasteiger partial charge in [0.25, 0.3) is 0 Å². The van der Waals surface area contributed by atoms with Crippen molar-refractivity contribution >= 4 is 17.7 Å². The molecule has 0 bridgehead atoms. The van der Waals surface area contributed by atoms with Gasteiger partial charge in [0.05, 0.1) is 13.2 Å². The Balaban J connectivity index is 1.73. The Morgan fingerprint density at radius 2 is 2.17 bits per heavy atom. The van der Waals surface area contributed by atoms with E-state index in [0.717, 1.165) is 50.3 Å². The number of hydrogen-bond donors (Lipinski definition) is 1. The molecule has 0 aliphatic carbocycles. The Morgan fingerprint density at radius 1 is 1.38 bits per heavy atom. The fourth-order valence-electron chi connectivity index (χ4n) is 2.91. The van der Waals surface area contributed by atoms with Crippen LogP contribution in [0.3, 0.4) is 0 Å². The molecule has 2 rings (SSSR count). The maximum absolute atomic E-state index is 5.29. The first kappa shape index (κ1) is 19.1. The summed E-state index contributed by atoms with van der Waals surface area (Å²) in [5.41, 5.74) is 2.71. The Morgan fingerprint density at radius 3 is 2.88 bits per heavy atom. The molecule has 24 heavy (non-hydrogen) atoms. The number of nitrogens with zero attached hydrogens (tertiary/aromatic N) is 2. The van der Waals surface area contributed by atoms with E-state index in [4.69, 9.17) is 9.73 Å². The van der Waals surface area contributed by atoms with Crippen molar-refractivity contribution in [2.24, 2.45) is 10.9 Å². The van der Waals surface area contributed by atoms with E-state index in [9.17, 15) is 0 Å². The maximum atomic E-state index is 5.29. The molecule has 1 heterocycles. The number of nitrogens with one attached hydrogen (secondary N) is 1. The van der Waals surface area contributed by atoms with Gasteiger partial charge >= 0.3 is 0 Å². The van der Waals surface area contributed by atoms with Gasteiger partial charge < -0.3 is 15.0 Å². The molecule has 1 aliphatic rings. The van der Waals surface area contributed by atoms with Crippen LogP contribution in [0.5, 0.6) is 0 Å². The molecule has 1 fully saturated rings. The van der Waals surface area contributed by atoms with E-state index in [1.54, 1.807) is 7.11 Å². The van der Waals surface area contributed by atoms with E-state index in [1.165, 1.54) is 17.5 Å². The third-order valence-electron chi connectivity index (χ3n) is 4.21. The van der Waals surface area contributed by atoms with Crippen molar-refractivity contribution < 1.29 is 4.74 Å². The number of methoxy groups -OCH3 is 1. The lowest BCUT2D eigenvalue weighted by molar-refractivity contribution is 0.157. The van der Waals surface area contributed by atoms with Crippen molar-refractivity contribution in [3.63, 3.8) is 0 Å². The van der Waals surface area contributed by atoms with Crippen LogP contribution in [0.25, 0.3) is 0 Å². The summed E-state index contributed by atoms with van der Waals surface area (Å²) in [4.78, 5) is 7.18. The van der Waals surface area contributed by atoms with Crippen molar-refractivity contribution in [2.75, 3.05) is 45.6 Å². The third kappa shape index (κ3) is 6.36. The largest absolute Gasteiger partial charge is 0.384 e. The normalized spacial score (nSPS) is 18.2. The molecule has 1 aromatic carbocycles. The van der Waals surface area contributed by atoms with Crippen molar-refractivity contribution in [2.45, 2.75) is 26.0 Å². The highest BCUT2D eigenvalue weighted by atomic mass is 32.2. The van der Waals surface area contributed by atoms with Crippen LogP contribution in [0.1, 0.15) is 24.5 Å². The van der Waals surface area contributed by atoms with Crippen LogP contribution in [-0.4, -0.2) is 56.5 Å². The van der Waals surface area contributed by atoms with Gasteiger partial charge in [0.15, 0.2) is 5.96 Å². The van der Waals surface area contributed by atoms with Crippen molar-refractivity contribution in [3.8, 4) is 0 Å². The van der Waals surface area contributed by atoms with E-state index < -0.39 is 0 Å². The molecule has 1 aromatic rings. The van der Waals surface area contributed by atoms with E-state index >= 15 is 0 Å². The first-order valence-electron chi connectivity index (χ1n) is 8.88. The summed E-state index contributed by atoms with van der Waals surface area (Å²) in [5, 5.41) is 3.43. The Labute approximate surface area is 151 Å². The Hall–Kier alpha value is -1.20. The van der Waals surface area contributed by atoms with E-state index in [2.05, 4.69) is 48.3 Å². The number of hydrogen-bond acceptors (Lipinski definition) is 3. The Bertz CT molecular complexity index is 504. The van der Waals surface area contributed by atoms with Crippen LogP contribution in [0.4, 0.5) is 0 Å². The van der Waals surface area contributed by atoms with Gasteiger partial charge in [-0.15, -0.1) is 0 Å². The van der Waals surface area contributed by atoms with Gasteiger partial charge in [0.2, 0.25) is 0 Å². The van der Waals surface area contributed by atoms with Crippen molar-refractivity contribution in [3.05, 3.63) is 35.4 Å². The van der Waals surface area contributed by atoms with Gasteiger partial charge in [0, 0.05) is 44.2 Å². The quantitative estimate of drug-likeness (QED) is 0.444. The monoisotopic (exact) mass is 349 g/mol. The predicted octanol–water partition coefficient (Wildman–Crippen LogP) is 3.16. The molecule has 1 atom stereocenters. The average molecular weight is 350 g/mol. The molecule has 0 spiro atoms. The number of rotatable bonds is 8. The molecule has 1 N–H and O–H groups in total. The number of aliphatic imine (C=N–C) groups is 1. The highest BCUT2D eigenvalue weighted by Gasteiger charge is 2.24. The fraction of sp³-hybridized carbons (Fsp3) is 0.632. The average Bonchev–Trinajstić information content (AvgIpc) is 3.04. The summed E-state index contributed by atoms with van der Waals surface area (Å²) >= 11 is 1.95. The third-order valence-corrected chi connectivity index (χ3v) is 5.22. The van der Waals surface area contributed by atoms with Crippen LogP contribution in [0.2, 0.25) is 0 Å². The second-order valence-electron chi connectivity index (χ2n) is 6.33. The minimum Gasteiger partial charge on any atom is -0.384 e. The SMILES string of the molecule is CCNC(=NCCSCc1ccc(C)cc1)N1CCC(COC)C1. The van der Waals surface area contributed by atoms with E-state index in [1.807, 2.05) is 11.8 Å². The molecule has 4 nitrogen and oxygen atoms in total. The van der Waals surface area contributed by atoms with Gasteiger partial charge in [-0.25, -0.2) is 0 Å². The Kier molecular flexibility index (Phi) is 8.47. The molecule has 5 heteroatoms. The number of aryl methyl sites for hydroxylation is 1. The lowest BCUT2D eigenvalue weighted by Crippen LogP contribution is -2.40. The van der Waals surface area contributed by atoms with Gasteiger partial charge in [-0.1, -0.05) is 29.8 Å². The summed E-state index contributed by atoms with van der Waals surface area (Å²) in [6.07, 6.45) is 1.19. The molecule has 0 aromatic heterocycles. The second kappa shape index (κ2) is 10.6. The van der Waals surface area contributed by atoms with Crippen LogP contribution in [0, 0.1) is 12.8 Å². The molecule has 1 saturated heterocycles. The van der Waals surface area contributed by atoms with E-state index in [-0.39, 0.29) is 0 Å². The summed E-state index contributed by atoms with van der Waals surface area (Å²) < 4.78 is 5.29. The lowest BCUT2D eigenvalue weighted by atomic mass is 10.1. The van der Waals surface area contributed by atoms with Crippen molar-refractivity contribution in [1.29, 1.82) is 0 Å². The lowest BCUT2D eigenvalue weighted by Gasteiger charge is -2.21. The zero-order chi connectivity index (χ0) is 17.2. The highest BCUT2D eigenvalue weighted by molar-refractivity contribution is 7.98. The number of thioether (sulfide) groups is 1. The zero-order valence-corrected chi connectivity index (χ0v) is 16.1. The topological polar surface area (TPSA) is 36.9 Å². The molecule has 0 radical (unpaired) electrons. The highest BCUT2D eigenvalue weighted by Crippen LogP contribution is 2.17. The van der Waals surface area contributed by atoms with Gasteiger partial charge in [-0.3, -0.25) is 4.99 Å². The predicted molar refractivity (Wildman–Crippen MR) is 105 cm³/mol. The molecule has 1 unspecified atom stereocenters. The molecular formula is C19H31N3OS. The zero-order valence-electron chi connectivity index (χ0n) is 15.3. The van der Waals surface area contributed by atoms with Crippen LogP contribution < -0.4 is 5.32 Å². The summed E-state index contributed by atoms with van der Waals surface area (Å²) in [5.74, 6) is 3.81. The molecule has 0 amide bonds. The smallest absolute Gasteiger partial charge is 0.193 e. The first-order chi connectivity index (χ1) is 11.7. The minimum atomic E-state index is 0.634. The van der Waals surface area contributed by atoms with Crippen LogP contribution >= 0.6 is 11.8 Å². The van der Waals surface area contributed by atoms with Crippen LogP contribution in [-0.2, 0) is 10.5 Å². The number of likely N-dealkylation sites (tertiary alicyclic amines) is 1. The van der Waals surface area contributed by atoms with Gasteiger partial charge in [0.1, 0.15) is 0 Å². The van der Waals surface area contributed by atoms with Crippen LogP contribution in [0.15, 0.2) is 29.3 Å². The standard InChI is InChI=1S/C19H31N3OS/c1-4-20-19(22-11-9-18(13-22)14-23-3)21-10-12-24-15-17-7-5-16(2)6-8-17/h5-8,18H,4,9-15H2,1-3H3,(H,20,21). The number of ether oxygens (including phenoxy) is 1. The molecule has 0 saturated carbocycles. The fourth-order valence-corrected chi connectivity index (χ4v) is 3.71.